The number of carbonyl (C=O) groups excluding carboxylic acids is 1. The van der Waals surface area contributed by atoms with E-state index in [9.17, 15) is 35.0 Å². The standard InChI is InChI=1S/C29H27ClF4N4O4S2/c30-23-14-19(29(32,33)34)15-36-24(23)16-37-27(39)18-3-8-25-22(13-18)28(9-11-43(35,40)12-10-28)26(17-1-2-17)38(25)44(41,42)21-6-4-20(31)5-7-21/h3-8,13-15,17,26,35H,1-2,9-12,16H2,(H,37,39). The molecule has 1 saturated heterocycles. The van der Waals surface area contributed by atoms with E-state index in [1.54, 1.807) is 12.1 Å². The first-order chi connectivity index (χ1) is 20.6. The summed E-state index contributed by atoms with van der Waals surface area (Å²) in [4.78, 5) is 16.9. The largest absolute Gasteiger partial charge is 0.417 e. The van der Waals surface area contributed by atoms with Crippen LogP contribution in [0.15, 0.2) is 59.6 Å². The average molecular weight is 671 g/mol. The number of sulfonamides is 1. The van der Waals surface area contributed by atoms with E-state index in [1.165, 1.54) is 22.5 Å². The van der Waals surface area contributed by atoms with Gasteiger partial charge in [-0.3, -0.25) is 18.9 Å². The Balaban J connectivity index is 1.37. The van der Waals surface area contributed by atoms with Gasteiger partial charge in [-0.05, 0) is 85.7 Å². The van der Waals surface area contributed by atoms with Crippen LogP contribution in [0, 0.1) is 16.5 Å². The fourth-order valence-electron chi connectivity index (χ4n) is 6.36. The maximum Gasteiger partial charge on any atom is 0.417 e. The second-order valence-corrected chi connectivity index (χ2v) is 16.1. The van der Waals surface area contributed by atoms with Crippen molar-refractivity contribution in [3.05, 3.63) is 88.0 Å². The van der Waals surface area contributed by atoms with Gasteiger partial charge in [-0.15, -0.1) is 0 Å². The fraction of sp³-hybridized carbons (Fsp3) is 0.379. The number of pyridine rings is 1. The zero-order chi connectivity index (χ0) is 31.7. The zero-order valence-electron chi connectivity index (χ0n) is 23.0. The van der Waals surface area contributed by atoms with E-state index < -0.39 is 54.7 Å². The van der Waals surface area contributed by atoms with Crippen LogP contribution < -0.4 is 9.62 Å². The number of carbonyl (C=O) groups is 1. The third-order valence-corrected chi connectivity index (χ3v) is 12.6. The molecule has 2 aromatic carbocycles. The van der Waals surface area contributed by atoms with Gasteiger partial charge >= 0.3 is 6.18 Å². The quantitative estimate of drug-likeness (QED) is 0.317. The smallest absolute Gasteiger partial charge is 0.346 e. The van der Waals surface area contributed by atoms with Crippen LogP contribution in [0.2, 0.25) is 5.02 Å². The first kappa shape index (κ1) is 30.8. The number of nitrogens with one attached hydrogen (secondary N) is 2. The Bertz CT molecular complexity index is 1850. The molecule has 44 heavy (non-hydrogen) atoms. The summed E-state index contributed by atoms with van der Waals surface area (Å²) in [5.41, 5.74) is -0.648. The van der Waals surface area contributed by atoms with Crippen LogP contribution in [0.3, 0.4) is 0 Å². The van der Waals surface area contributed by atoms with Gasteiger partial charge in [-0.1, -0.05) is 11.6 Å². The van der Waals surface area contributed by atoms with Crippen molar-refractivity contribution in [3.63, 3.8) is 0 Å². The van der Waals surface area contributed by atoms with Gasteiger partial charge in [0.1, 0.15) is 5.82 Å². The van der Waals surface area contributed by atoms with Gasteiger partial charge in [0.25, 0.3) is 15.9 Å². The van der Waals surface area contributed by atoms with Crippen LogP contribution in [0.25, 0.3) is 0 Å². The highest BCUT2D eigenvalue weighted by Gasteiger charge is 2.60. The Hall–Kier alpha value is -3.23. The number of alkyl halides is 3. The Labute approximate surface area is 256 Å². The van der Waals surface area contributed by atoms with E-state index in [1.807, 2.05) is 0 Å². The zero-order valence-corrected chi connectivity index (χ0v) is 25.4. The van der Waals surface area contributed by atoms with Crippen molar-refractivity contribution >= 4 is 42.9 Å². The molecule has 0 radical (unpaired) electrons. The normalized spacial score (nSPS) is 25.2. The van der Waals surface area contributed by atoms with Gasteiger partial charge in [-0.2, -0.15) is 13.2 Å². The molecule has 1 aromatic heterocycles. The van der Waals surface area contributed by atoms with E-state index in [-0.39, 0.29) is 58.0 Å². The molecule has 1 aliphatic carbocycles. The molecule has 8 nitrogen and oxygen atoms in total. The van der Waals surface area contributed by atoms with Crippen LogP contribution in [0.5, 0.6) is 0 Å². The summed E-state index contributed by atoms with van der Waals surface area (Å²) in [6, 6.07) is 9.37. The molecule has 2 N–H and O–H groups in total. The van der Waals surface area contributed by atoms with Gasteiger partial charge in [0, 0.05) is 38.4 Å². The van der Waals surface area contributed by atoms with Crippen LogP contribution in [0.1, 0.15) is 52.9 Å². The summed E-state index contributed by atoms with van der Waals surface area (Å²) in [6.07, 6.45) is -1.86. The predicted molar refractivity (Wildman–Crippen MR) is 156 cm³/mol. The predicted octanol–water partition coefficient (Wildman–Crippen LogP) is 5.89. The molecular weight excluding hydrogens is 644 g/mol. The second kappa shape index (κ2) is 10.7. The molecule has 3 aromatic rings. The molecule has 0 bridgehead atoms. The molecule has 234 valence electrons. The minimum Gasteiger partial charge on any atom is -0.346 e. The first-order valence-electron chi connectivity index (χ1n) is 13.8. The highest BCUT2D eigenvalue weighted by molar-refractivity contribution is 7.93. The van der Waals surface area contributed by atoms with Crippen molar-refractivity contribution in [3.8, 4) is 0 Å². The summed E-state index contributed by atoms with van der Waals surface area (Å²) in [6.45, 7) is -0.255. The molecule has 15 heteroatoms. The summed E-state index contributed by atoms with van der Waals surface area (Å²) >= 11 is 6.00. The second-order valence-electron chi connectivity index (χ2n) is 11.5. The van der Waals surface area contributed by atoms with Gasteiger partial charge in [-0.25, -0.2) is 17.0 Å². The fourth-order valence-corrected chi connectivity index (χ4v) is 9.98. The number of amides is 1. The minimum absolute atomic E-state index is 0.00247. The molecule has 1 saturated carbocycles. The van der Waals surface area contributed by atoms with Crippen LogP contribution in [-0.4, -0.2) is 41.1 Å². The number of benzene rings is 2. The van der Waals surface area contributed by atoms with Crippen LogP contribution in [-0.2, 0) is 37.9 Å². The van der Waals surface area contributed by atoms with Crippen molar-refractivity contribution in [2.75, 3.05) is 15.8 Å². The summed E-state index contributed by atoms with van der Waals surface area (Å²) < 4.78 is 103. The van der Waals surface area contributed by atoms with Gasteiger partial charge < -0.3 is 5.32 Å². The highest BCUT2D eigenvalue weighted by Crippen LogP contribution is 2.59. The SMILES string of the molecule is N=S1(=O)CCC2(CC1)c1cc(C(=O)NCc3ncc(C(F)(F)F)cc3Cl)ccc1N(S(=O)(=O)c1ccc(F)cc1)C2C1CC1. The van der Waals surface area contributed by atoms with E-state index in [2.05, 4.69) is 10.3 Å². The maximum atomic E-state index is 14.1. The monoisotopic (exact) mass is 670 g/mol. The third kappa shape index (κ3) is 5.45. The van der Waals surface area contributed by atoms with Gasteiger partial charge in [0.05, 0.1) is 39.4 Å². The van der Waals surface area contributed by atoms with E-state index >= 15 is 0 Å². The molecule has 1 spiro atoms. The van der Waals surface area contributed by atoms with Crippen molar-refractivity contribution < 1.29 is 35.0 Å². The van der Waals surface area contributed by atoms with Crippen molar-refractivity contribution in [1.82, 2.24) is 10.3 Å². The number of hydrogen-bond donors (Lipinski definition) is 2. The van der Waals surface area contributed by atoms with E-state index in [0.29, 0.717) is 17.4 Å². The maximum absolute atomic E-state index is 14.1. The molecule has 3 heterocycles. The number of fused-ring (bicyclic) bond motifs is 2. The van der Waals surface area contributed by atoms with Crippen molar-refractivity contribution in [2.45, 2.75) is 54.8 Å². The summed E-state index contributed by atoms with van der Waals surface area (Å²) in [5, 5.41) is 2.36. The lowest BCUT2D eigenvalue weighted by Gasteiger charge is -2.42. The van der Waals surface area contributed by atoms with E-state index in [0.717, 1.165) is 31.0 Å². The lowest BCUT2D eigenvalue weighted by molar-refractivity contribution is -0.137. The molecule has 1 amide bonds. The summed E-state index contributed by atoms with van der Waals surface area (Å²) in [7, 11) is -7.03. The number of hydrogen-bond acceptors (Lipinski definition) is 6. The number of aromatic nitrogens is 1. The average Bonchev–Trinajstić information content (AvgIpc) is 3.76. The van der Waals surface area contributed by atoms with Crippen LogP contribution >= 0.6 is 11.6 Å². The molecule has 6 rings (SSSR count). The lowest BCUT2D eigenvalue weighted by Crippen LogP contribution is -2.52. The van der Waals surface area contributed by atoms with Crippen molar-refractivity contribution in [2.24, 2.45) is 5.92 Å². The lowest BCUT2D eigenvalue weighted by atomic mass is 9.70. The van der Waals surface area contributed by atoms with E-state index in [4.69, 9.17) is 16.4 Å². The Morgan fingerprint density at radius 1 is 1.11 bits per heavy atom. The molecule has 1 unspecified atom stereocenters. The van der Waals surface area contributed by atoms with Crippen molar-refractivity contribution in [1.29, 1.82) is 4.78 Å². The highest BCUT2D eigenvalue weighted by atomic mass is 35.5. The molecule has 2 fully saturated rings. The van der Waals surface area contributed by atoms with Gasteiger partial charge in [0.15, 0.2) is 0 Å². The topological polar surface area (TPSA) is 120 Å². The first-order valence-corrected chi connectivity index (χ1v) is 17.5. The van der Waals surface area contributed by atoms with Crippen LogP contribution in [0.4, 0.5) is 23.2 Å². The Kier molecular flexibility index (Phi) is 7.48. The number of nitrogens with zero attached hydrogens (tertiary/aromatic N) is 2. The minimum atomic E-state index is -4.62. The Morgan fingerprint density at radius 3 is 2.36 bits per heavy atom. The molecule has 3 aliphatic rings. The molecule has 1 atom stereocenters. The van der Waals surface area contributed by atoms with Gasteiger partial charge in [0.2, 0.25) is 0 Å². The molecular formula is C29H27ClF4N4O4S2. The third-order valence-electron chi connectivity index (χ3n) is 8.71. The Morgan fingerprint density at radius 2 is 1.77 bits per heavy atom. The molecule has 2 aliphatic heterocycles. The summed E-state index contributed by atoms with van der Waals surface area (Å²) in [5.74, 6) is -1.00. The number of rotatable bonds is 6. The number of anilines is 1. The number of halogens is 5.